The second-order valence-electron chi connectivity index (χ2n) is 30.3. The number of primary amides is 4. The lowest BCUT2D eigenvalue weighted by Crippen LogP contribution is -2.24. The molecular weight excluding hydrogens is 1580 g/mol. The Morgan fingerprint density at radius 3 is 0.936 bits per heavy atom. The van der Waals surface area contributed by atoms with Crippen molar-refractivity contribution >= 4 is 70.0 Å². The monoisotopic (exact) mass is 1680 g/mol. The molecule has 4 heterocycles. The highest BCUT2D eigenvalue weighted by Gasteiger charge is 2.39. The van der Waals surface area contributed by atoms with Gasteiger partial charge in [0.05, 0.1) is 34.0 Å². The Hall–Kier alpha value is -15.7. The number of hydrogen-bond donors (Lipinski definition) is 4. The van der Waals surface area contributed by atoms with Crippen molar-refractivity contribution in [2.75, 3.05) is 74.2 Å². The van der Waals surface area contributed by atoms with Gasteiger partial charge in [-0.2, -0.15) is 5.26 Å². The molecule has 4 atom stereocenters. The van der Waals surface area contributed by atoms with Crippen LogP contribution in [0.5, 0.6) is 69.0 Å². The Bertz CT molecular complexity index is 6110. The van der Waals surface area contributed by atoms with Crippen LogP contribution in [0, 0.1) is 32.1 Å². The summed E-state index contributed by atoms with van der Waals surface area (Å²) >= 11 is 0. The summed E-state index contributed by atoms with van der Waals surface area (Å²) in [6.45, 7) is 7.89. The van der Waals surface area contributed by atoms with Gasteiger partial charge in [-0.1, -0.05) is 109 Å². The number of hydrogen-bond acceptors (Lipinski definition) is 17. The molecule has 4 aliphatic heterocycles. The zero-order valence-corrected chi connectivity index (χ0v) is 69.9. The van der Waals surface area contributed by atoms with Crippen LogP contribution in [0.4, 0.5) is 22.7 Å². The molecule has 12 aromatic carbocycles. The molecule has 4 aliphatic rings. The van der Waals surface area contributed by atoms with Crippen LogP contribution in [0.3, 0.4) is 0 Å². The molecule has 0 saturated carbocycles. The second kappa shape index (κ2) is 39.7. The number of carbonyl (C=O) groups is 8. The van der Waals surface area contributed by atoms with Gasteiger partial charge in [-0.25, -0.2) is 0 Å². The van der Waals surface area contributed by atoms with E-state index in [2.05, 4.69) is 6.07 Å². The van der Waals surface area contributed by atoms with E-state index in [-0.39, 0.29) is 53.7 Å². The quantitative estimate of drug-likeness (QED) is 0.0436. The number of anilines is 4. The van der Waals surface area contributed by atoms with E-state index in [0.717, 1.165) is 56.2 Å². The maximum absolute atomic E-state index is 12.8. The van der Waals surface area contributed by atoms with Gasteiger partial charge in [0.15, 0.2) is 0 Å². The second-order valence-corrected chi connectivity index (χ2v) is 30.3. The highest BCUT2D eigenvalue weighted by molar-refractivity contribution is 6.03. The van der Waals surface area contributed by atoms with Gasteiger partial charge in [0.1, 0.15) is 75.1 Å². The van der Waals surface area contributed by atoms with Crippen molar-refractivity contribution in [1.82, 2.24) is 0 Å². The summed E-state index contributed by atoms with van der Waals surface area (Å²) in [7, 11) is 6.39. The molecule has 4 fully saturated rings. The van der Waals surface area contributed by atoms with E-state index in [1.165, 1.54) is 0 Å². The molecule has 634 valence electrons. The average molecular weight is 1680 g/mol. The summed E-state index contributed by atoms with van der Waals surface area (Å²) < 4.78 is 46.2. The first-order chi connectivity index (χ1) is 60.3. The third-order valence-corrected chi connectivity index (χ3v) is 21.9. The van der Waals surface area contributed by atoms with E-state index < -0.39 is 23.6 Å². The lowest BCUT2D eigenvalue weighted by atomic mass is 9.97. The summed E-state index contributed by atoms with van der Waals surface area (Å²) in [5, 5.41) is 9.40. The van der Waals surface area contributed by atoms with Crippen LogP contribution < -0.4 is 80.4 Å². The lowest BCUT2D eigenvalue weighted by molar-refractivity contribution is -0.118. The molecule has 0 radical (unpaired) electrons. The average Bonchev–Trinajstić information content (AvgIpc) is 1.58. The minimum Gasteiger partial charge on any atom is -0.497 e. The van der Waals surface area contributed by atoms with Crippen LogP contribution in [-0.2, 0) is 19.2 Å². The first-order valence-electron chi connectivity index (χ1n) is 40.3. The molecule has 125 heavy (non-hydrogen) atoms. The van der Waals surface area contributed by atoms with Crippen LogP contribution in [0.15, 0.2) is 267 Å². The highest BCUT2D eigenvalue weighted by Crippen LogP contribution is 2.46. The molecule has 0 spiro atoms. The number of nitriles is 1. The molecular formula is C100H93N9O16. The molecule has 0 aromatic heterocycles. The highest BCUT2D eigenvalue weighted by atomic mass is 16.5. The van der Waals surface area contributed by atoms with Gasteiger partial charge in [-0.15, -0.1) is 0 Å². The Morgan fingerprint density at radius 2 is 0.608 bits per heavy atom. The van der Waals surface area contributed by atoms with Gasteiger partial charge < -0.3 is 80.4 Å². The molecule has 4 unspecified atom stereocenters. The number of methoxy groups -OCH3 is 4. The largest absolute Gasteiger partial charge is 0.497 e. The Morgan fingerprint density at radius 1 is 0.304 bits per heavy atom. The molecule has 0 bridgehead atoms. The van der Waals surface area contributed by atoms with Crippen LogP contribution >= 0.6 is 0 Å². The summed E-state index contributed by atoms with van der Waals surface area (Å²) in [5.74, 6) is 5.28. The molecule has 8 amide bonds. The van der Waals surface area contributed by atoms with Crippen LogP contribution in [0.25, 0.3) is 0 Å². The van der Waals surface area contributed by atoms with Crippen LogP contribution in [0.1, 0.15) is 135 Å². The Kier molecular flexibility index (Phi) is 27.6. The van der Waals surface area contributed by atoms with Crippen molar-refractivity contribution < 1.29 is 76.3 Å². The Labute approximate surface area is 723 Å². The summed E-state index contributed by atoms with van der Waals surface area (Å²) in [6.07, 6.45) is 1.31. The van der Waals surface area contributed by atoms with Gasteiger partial charge in [0.2, 0.25) is 47.3 Å². The molecule has 8 N–H and O–H groups in total. The van der Waals surface area contributed by atoms with Gasteiger partial charge in [0, 0.05) is 167 Å². The van der Waals surface area contributed by atoms with E-state index in [1.54, 1.807) is 157 Å². The third-order valence-electron chi connectivity index (χ3n) is 21.9. The third kappa shape index (κ3) is 21.2. The number of para-hydroxylation sites is 2. The normalized spacial score (nSPS) is 15.6. The van der Waals surface area contributed by atoms with E-state index in [4.69, 9.17) is 60.8 Å². The standard InChI is InChI=1S/C25H21N3O4.3C25H24N2O4/c1-31-20-9-10-21(23(13-20)32-22-8-3-2-5-17(22)14-26)18-12-24(29)28(15-18)19-7-4-6-16(11-19)25(27)30;1-16-5-3-8-21(11-16)31-23-14-20(30-2)9-10-22(23)18-13-24(28)27(15-18)19-7-4-6-17(12-19)25(26)29;1-16-6-3-4-9-22(16)31-23-14-20(30-2)10-11-21(23)18-13-24(28)27(15-18)19-8-5-7-17(12-19)25(26)29;1-16-6-8-20(9-7-16)31-23-14-21(30-2)10-11-22(23)18-13-24(28)27(15-18)19-5-3-4-17(12-19)25(26)29/h2-11,13,18H,12,15H2,1H3,(H2,27,30);3*3-12,14,18H,13,15H2,1-2H3,(H2,26,29). The maximum Gasteiger partial charge on any atom is 0.248 e. The molecule has 0 aliphatic carbocycles. The molecule has 25 heteroatoms. The van der Waals surface area contributed by atoms with Gasteiger partial charge in [0.25, 0.3) is 0 Å². The number of aryl methyl sites for hydroxylation is 3. The number of amides is 8. The van der Waals surface area contributed by atoms with Crippen molar-refractivity contribution in [3.63, 3.8) is 0 Å². The molecule has 25 nitrogen and oxygen atoms in total. The number of benzene rings is 12. The van der Waals surface area contributed by atoms with Gasteiger partial charge >= 0.3 is 0 Å². The van der Waals surface area contributed by atoms with Crippen molar-refractivity contribution in [2.24, 2.45) is 22.9 Å². The zero-order valence-electron chi connectivity index (χ0n) is 69.9. The number of ether oxygens (including phenoxy) is 8. The summed E-state index contributed by atoms with van der Waals surface area (Å²) in [4.78, 5) is 104. The predicted molar refractivity (Wildman–Crippen MR) is 476 cm³/mol. The first-order valence-corrected chi connectivity index (χ1v) is 40.3. The first kappa shape index (κ1) is 87.1. The maximum atomic E-state index is 12.8. The predicted octanol–water partition coefficient (Wildman–Crippen LogP) is 17.2. The Balaban J connectivity index is 0.000000143. The van der Waals surface area contributed by atoms with Gasteiger partial charge in [-0.3, -0.25) is 38.4 Å². The fourth-order valence-electron chi connectivity index (χ4n) is 15.3. The van der Waals surface area contributed by atoms with Crippen LogP contribution in [0.2, 0.25) is 0 Å². The molecule has 16 rings (SSSR count). The number of carbonyl (C=O) groups excluding carboxylic acids is 8. The SMILES string of the molecule is COc1ccc(C2CC(=O)N(c3cccc(C(N)=O)c3)C2)c(Oc2ccc(C)cc2)c1.COc1ccc(C2CC(=O)N(c3cccc(C(N)=O)c3)C2)c(Oc2cccc(C)c2)c1.COc1ccc(C2CC(=O)N(c3cccc(C(N)=O)c3)C2)c(Oc2ccccc2C#N)c1.COc1ccc(C2CC(=O)N(c3cccc(C(N)=O)c3)C2)c(Oc2ccccc2C)c1. The minimum absolute atomic E-state index is 0.00993. The minimum atomic E-state index is -0.544. The van der Waals surface area contributed by atoms with Crippen molar-refractivity contribution in [2.45, 2.75) is 70.1 Å². The van der Waals surface area contributed by atoms with E-state index in [1.807, 2.05) is 178 Å². The van der Waals surface area contributed by atoms with E-state index in [0.29, 0.717) is 148 Å². The van der Waals surface area contributed by atoms with E-state index >= 15 is 0 Å². The lowest BCUT2D eigenvalue weighted by Gasteiger charge is -2.20. The molecule has 4 saturated heterocycles. The van der Waals surface area contributed by atoms with Crippen molar-refractivity contribution in [1.29, 1.82) is 5.26 Å². The number of rotatable bonds is 24. The van der Waals surface area contributed by atoms with Gasteiger partial charge in [-0.05, 0) is 171 Å². The van der Waals surface area contributed by atoms with Crippen LogP contribution in [-0.4, -0.2) is 102 Å². The molecule has 12 aromatic rings. The number of nitrogens with zero attached hydrogens (tertiary/aromatic N) is 5. The zero-order chi connectivity index (χ0) is 88.5. The van der Waals surface area contributed by atoms with Crippen molar-refractivity contribution in [3.05, 3.63) is 334 Å². The summed E-state index contributed by atoms with van der Waals surface area (Å²) in [6, 6.07) is 82.2. The smallest absolute Gasteiger partial charge is 0.248 e. The summed E-state index contributed by atoms with van der Waals surface area (Å²) in [5.41, 5.74) is 33.0. The fraction of sp³-hybridized carbons (Fsp3) is 0.190. The van der Waals surface area contributed by atoms with Crippen molar-refractivity contribution in [3.8, 4) is 75.1 Å². The number of nitrogens with two attached hydrogens (primary N) is 4. The topological polar surface area (TPSA) is 351 Å². The fourth-order valence-corrected chi connectivity index (χ4v) is 15.3. The van der Waals surface area contributed by atoms with E-state index in [9.17, 15) is 43.6 Å².